The van der Waals surface area contributed by atoms with E-state index in [0.29, 0.717) is 44.8 Å². The SMILES string of the molecule is O=C(c1cccc(S(=O)(=O)N2CCOCC2)c1)N1CCC2(C1)C(=O)Nc1ccccc12. The topological polar surface area (TPSA) is 96.0 Å². The van der Waals surface area contributed by atoms with Crippen molar-refractivity contribution in [1.82, 2.24) is 9.21 Å². The minimum absolute atomic E-state index is 0.0901. The molecular weight excluding hydrogens is 418 g/mol. The quantitative estimate of drug-likeness (QED) is 0.778. The summed E-state index contributed by atoms with van der Waals surface area (Å²) >= 11 is 0. The number of carbonyl (C=O) groups excluding carboxylic acids is 2. The van der Waals surface area contributed by atoms with Crippen LogP contribution in [0, 0.1) is 0 Å². The molecule has 1 atom stereocenters. The van der Waals surface area contributed by atoms with Crippen LogP contribution in [0.5, 0.6) is 0 Å². The van der Waals surface area contributed by atoms with Gasteiger partial charge in [0.05, 0.1) is 23.5 Å². The van der Waals surface area contributed by atoms with Gasteiger partial charge in [0.25, 0.3) is 5.91 Å². The van der Waals surface area contributed by atoms with E-state index in [2.05, 4.69) is 5.32 Å². The maximum atomic E-state index is 13.2. The van der Waals surface area contributed by atoms with Gasteiger partial charge >= 0.3 is 0 Å². The second kappa shape index (κ2) is 7.44. The van der Waals surface area contributed by atoms with E-state index in [0.717, 1.165) is 11.3 Å². The molecule has 2 aromatic carbocycles. The van der Waals surface area contributed by atoms with Gasteiger partial charge in [0.15, 0.2) is 0 Å². The zero-order valence-electron chi connectivity index (χ0n) is 16.9. The highest BCUT2D eigenvalue weighted by atomic mass is 32.2. The Balaban J connectivity index is 1.40. The largest absolute Gasteiger partial charge is 0.379 e. The van der Waals surface area contributed by atoms with Gasteiger partial charge in [0.1, 0.15) is 0 Å². The molecule has 0 bridgehead atoms. The third-order valence-electron chi connectivity index (χ3n) is 6.37. The monoisotopic (exact) mass is 441 g/mol. The number of rotatable bonds is 3. The van der Waals surface area contributed by atoms with Gasteiger partial charge in [-0.2, -0.15) is 4.31 Å². The fourth-order valence-corrected chi connectivity index (χ4v) is 6.12. The van der Waals surface area contributed by atoms with Crippen LogP contribution in [0.3, 0.4) is 0 Å². The van der Waals surface area contributed by atoms with Crippen LogP contribution in [0.1, 0.15) is 22.3 Å². The van der Waals surface area contributed by atoms with Gasteiger partial charge in [-0.25, -0.2) is 8.42 Å². The molecule has 1 N–H and O–H groups in total. The summed E-state index contributed by atoms with van der Waals surface area (Å²) in [7, 11) is -3.69. The minimum atomic E-state index is -3.69. The number of hydrogen-bond donors (Lipinski definition) is 1. The lowest BCUT2D eigenvalue weighted by Gasteiger charge is -2.26. The van der Waals surface area contributed by atoms with E-state index in [1.807, 2.05) is 24.3 Å². The number of ether oxygens (including phenoxy) is 1. The lowest BCUT2D eigenvalue weighted by atomic mass is 9.81. The molecule has 1 unspecified atom stereocenters. The lowest BCUT2D eigenvalue weighted by Crippen LogP contribution is -2.41. The highest BCUT2D eigenvalue weighted by Gasteiger charge is 2.52. The number of anilines is 1. The first kappa shape index (κ1) is 20.2. The molecule has 3 aliphatic heterocycles. The Hall–Kier alpha value is -2.75. The number of para-hydroxylation sites is 1. The standard InChI is InChI=1S/C22H23N3O5S/c26-20(16-4-3-5-17(14-16)31(28,29)25-10-12-30-13-11-25)24-9-8-22(15-24)18-6-1-2-7-19(18)23-21(22)27/h1-7,14H,8-13,15H2,(H,23,27). The fraction of sp³-hybridized carbons (Fsp3) is 0.364. The van der Waals surface area contributed by atoms with E-state index in [9.17, 15) is 18.0 Å². The number of fused-ring (bicyclic) bond motifs is 2. The molecule has 0 aromatic heterocycles. The van der Waals surface area contributed by atoms with Crippen LogP contribution in [0.2, 0.25) is 0 Å². The fourth-order valence-electron chi connectivity index (χ4n) is 4.67. The Morgan fingerprint density at radius 3 is 2.61 bits per heavy atom. The molecule has 3 aliphatic rings. The van der Waals surface area contributed by atoms with E-state index in [1.54, 1.807) is 17.0 Å². The molecule has 2 amide bonds. The van der Waals surface area contributed by atoms with Crippen molar-refractivity contribution in [2.45, 2.75) is 16.7 Å². The molecule has 3 heterocycles. The van der Waals surface area contributed by atoms with Crippen molar-refractivity contribution in [3.8, 4) is 0 Å². The van der Waals surface area contributed by atoms with Crippen molar-refractivity contribution in [3.05, 3.63) is 59.7 Å². The number of nitrogens with one attached hydrogen (secondary N) is 1. The summed E-state index contributed by atoms with van der Waals surface area (Å²) in [4.78, 5) is 27.7. The van der Waals surface area contributed by atoms with E-state index in [1.165, 1.54) is 16.4 Å². The average Bonchev–Trinajstić information content (AvgIpc) is 3.37. The Morgan fingerprint density at radius 2 is 1.81 bits per heavy atom. The van der Waals surface area contributed by atoms with Crippen molar-refractivity contribution >= 4 is 27.5 Å². The zero-order valence-corrected chi connectivity index (χ0v) is 17.7. The minimum Gasteiger partial charge on any atom is -0.379 e. The van der Waals surface area contributed by atoms with Gasteiger partial charge in [-0.1, -0.05) is 24.3 Å². The van der Waals surface area contributed by atoms with Crippen LogP contribution < -0.4 is 5.32 Å². The highest BCUT2D eigenvalue weighted by molar-refractivity contribution is 7.89. The summed E-state index contributed by atoms with van der Waals surface area (Å²) in [5.74, 6) is -0.360. The van der Waals surface area contributed by atoms with Crippen molar-refractivity contribution < 1.29 is 22.7 Å². The normalized spacial score (nSPS) is 23.7. The molecule has 162 valence electrons. The predicted octanol–water partition coefficient (Wildman–Crippen LogP) is 1.44. The van der Waals surface area contributed by atoms with Gasteiger partial charge in [-0.3, -0.25) is 9.59 Å². The number of hydrogen-bond acceptors (Lipinski definition) is 5. The highest BCUT2D eigenvalue weighted by Crippen LogP contribution is 2.44. The molecule has 0 radical (unpaired) electrons. The van der Waals surface area contributed by atoms with E-state index >= 15 is 0 Å². The van der Waals surface area contributed by atoms with E-state index < -0.39 is 15.4 Å². The van der Waals surface area contributed by atoms with E-state index in [4.69, 9.17) is 4.74 Å². The smallest absolute Gasteiger partial charge is 0.253 e. The Labute approximate surface area is 180 Å². The number of nitrogens with zero attached hydrogens (tertiary/aromatic N) is 2. The van der Waals surface area contributed by atoms with Crippen molar-refractivity contribution in [3.63, 3.8) is 0 Å². The first-order valence-electron chi connectivity index (χ1n) is 10.3. The second-order valence-corrected chi connectivity index (χ2v) is 10.0. The maximum Gasteiger partial charge on any atom is 0.253 e. The number of sulfonamides is 1. The number of carbonyl (C=O) groups is 2. The molecule has 2 saturated heterocycles. The van der Waals surface area contributed by atoms with Gasteiger partial charge in [0, 0.05) is 37.4 Å². The summed E-state index contributed by atoms with van der Waals surface area (Å²) < 4.78 is 32.5. The Kier molecular flexibility index (Phi) is 4.84. The van der Waals surface area contributed by atoms with Crippen LogP contribution in [-0.4, -0.2) is 68.8 Å². The third-order valence-corrected chi connectivity index (χ3v) is 8.27. The van der Waals surface area contributed by atoms with E-state index in [-0.39, 0.29) is 23.3 Å². The molecule has 5 rings (SSSR count). The maximum absolute atomic E-state index is 13.2. The lowest BCUT2D eigenvalue weighted by molar-refractivity contribution is -0.120. The van der Waals surface area contributed by atoms with Crippen molar-refractivity contribution in [2.75, 3.05) is 44.7 Å². The predicted molar refractivity (Wildman–Crippen MR) is 113 cm³/mol. The van der Waals surface area contributed by atoms with Gasteiger partial charge in [0.2, 0.25) is 15.9 Å². The molecule has 2 fully saturated rings. The molecule has 9 heteroatoms. The molecule has 2 aromatic rings. The van der Waals surface area contributed by atoms with Gasteiger partial charge < -0.3 is 15.0 Å². The number of morpholine rings is 1. The van der Waals surface area contributed by atoms with Gasteiger partial charge in [-0.15, -0.1) is 0 Å². The summed E-state index contributed by atoms with van der Waals surface area (Å²) in [5.41, 5.74) is 1.27. The summed E-state index contributed by atoms with van der Waals surface area (Å²) in [6, 6.07) is 13.7. The number of benzene rings is 2. The zero-order chi connectivity index (χ0) is 21.6. The van der Waals surface area contributed by atoms with Crippen LogP contribution in [0.25, 0.3) is 0 Å². The van der Waals surface area contributed by atoms with Crippen molar-refractivity contribution in [1.29, 1.82) is 0 Å². The third kappa shape index (κ3) is 3.24. The molecule has 0 aliphatic carbocycles. The molecule has 1 spiro atoms. The van der Waals surface area contributed by atoms with Crippen LogP contribution in [0.15, 0.2) is 53.4 Å². The average molecular weight is 442 g/mol. The van der Waals surface area contributed by atoms with Crippen LogP contribution in [-0.2, 0) is 25.0 Å². The van der Waals surface area contributed by atoms with Crippen LogP contribution in [0.4, 0.5) is 5.69 Å². The van der Waals surface area contributed by atoms with Crippen LogP contribution >= 0.6 is 0 Å². The molecule has 8 nitrogen and oxygen atoms in total. The molecule has 31 heavy (non-hydrogen) atoms. The van der Waals surface area contributed by atoms with Crippen molar-refractivity contribution in [2.24, 2.45) is 0 Å². The second-order valence-electron chi connectivity index (χ2n) is 8.10. The van der Waals surface area contributed by atoms with Gasteiger partial charge in [-0.05, 0) is 36.2 Å². The molecular formula is C22H23N3O5S. The Morgan fingerprint density at radius 1 is 1.03 bits per heavy atom. The summed E-state index contributed by atoms with van der Waals surface area (Å²) in [6.07, 6.45) is 0.535. The first-order chi connectivity index (χ1) is 14.9. The molecule has 0 saturated carbocycles. The first-order valence-corrected chi connectivity index (χ1v) is 11.7. The summed E-state index contributed by atoms with van der Waals surface area (Å²) in [5, 5.41) is 2.92. The number of amides is 2. The summed E-state index contributed by atoms with van der Waals surface area (Å²) in [6.45, 7) is 2.01. The Bertz CT molecular complexity index is 1160. The number of likely N-dealkylation sites (tertiary alicyclic amines) is 1.